The summed E-state index contributed by atoms with van der Waals surface area (Å²) < 4.78 is 1.27. The van der Waals surface area contributed by atoms with E-state index in [2.05, 4.69) is 49.3 Å². The van der Waals surface area contributed by atoms with E-state index in [1.807, 2.05) is 0 Å². The van der Waals surface area contributed by atoms with E-state index in [0.717, 1.165) is 18.4 Å². The third kappa shape index (κ3) is 3.45. The van der Waals surface area contributed by atoms with Crippen molar-refractivity contribution in [1.29, 1.82) is 0 Å². The summed E-state index contributed by atoms with van der Waals surface area (Å²) in [6, 6.07) is 15.0. The van der Waals surface area contributed by atoms with Crippen molar-refractivity contribution in [3.63, 3.8) is 0 Å². The second-order valence-electron chi connectivity index (χ2n) is 9.42. The van der Waals surface area contributed by atoms with Crippen molar-refractivity contribution < 1.29 is 14.5 Å². The Morgan fingerprint density at radius 2 is 1.72 bits per heavy atom. The molecule has 2 aromatic carbocycles. The summed E-state index contributed by atoms with van der Waals surface area (Å²) in [6.07, 6.45) is 6.26. The van der Waals surface area contributed by atoms with Gasteiger partial charge >= 0.3 is 0 Å². The summed E-state index contributed by atoms with van der Waals surface area (Å²) in [5.41, 5.74) is 4.69. The third-order valence-corrected chi connectivity index (χ3v) is 6.63. The molecule has 6 heteroatoms. The Labute approximate surface area is 186 Å². The summed E-state index contributed by atoms with van der Waals surface area (Å²) in [7, 11) is 0. The number of ketones is 2. The van der Waals surface area contributed by atoms with E-state index in [1.54, 1.807) is 24.3 Å². The Morgan fingerprint density at radius 3 is 2.38 bits per heavy atom. The first-order valence-electron chi connectivity index (χ1n) is 11.0. The first-order valence-corrected chi connectivity index (χ1v) is 11.0. The molecule has 0 amide bonds. The molecule has 162 valence electrons. The van der Waals surface area contributed by atoms with Gasteiger partial charge in [-0.25, -0.2) is 0 Å². The van der Waals surface area contributed by atoms with E-state index in [4.69, 9.17) is 0 Å². The molecular formula is C26H25N3O3. The Morgan fingerprint density at radius 1 is 1.03 bits per heavy atom. The second-order valence-corrected chi connectivity index (χ2v) is 9.42. The molecule has 0 bridgehead atoms. The molecule has 0 fully saturated rings. The Balaban J connectivity index is 1.35. The molecule has 0 unspecified atom stereocenters. The van der Waals surface area contributed by atoms with Crippen LogP contribution in [0.25, 0.3) is 5.57 Å². The van der Waals surface area contributed by atoms with Crippen LogP contribution >= 0.6 is 0 Å². The summed E-state index contributed by atoms with van der Waals surface area (Å²) >= 11 is 0. The number of allylic oxidation sites excluding steroid dienone is 2. The fourth-order valence-corrected chi connectivity index (χ4v) is 4.56. The van der Waals surface area contributed by atoms with Crippen LogP contribution in [-0.4, -0.2) is 21.3 Å². The van der Waals surface area contributed by atoms with Gasteiger partial charge in [-0.1, -0.05) is 68.5 Å². The normalized spacial score (nSPS) is 17.0. The number of hydrogen-bond donors (Lipinski definition) is 0. The number of aryl methyl sites for hydroxylation is 1. The predicted octanol–water partition coefficient (Wildman–Crippen LogP) is 4.13. The standard InChI is InChI=1S/C26H25N3O3/c1-26(2)14-11-19(12-15-26)18-9-7-17(8-10-18)13-16-28-23-22(27-29(28)32)24(30)20-5-3-4-6-21(20)25(23)31/h3-11H,12-16H2,1-2H3. The van der Waals surface area contributed by atoms with Gasteiger partial charge in [0.1, 0.15) is 0 Å². The van der Waals surface area contributed by atoms with E-state index >= 15 is 0 Å². The van der Waals surface area contributed by atoms with Gasteiger partial charge < -0.3 is 5.21 Å². The fourth-order valence-electron chi connectivity index (χ4n) is 4.56. The minimum Gasteiger partial charge on any atom is -0.571 e. The molecule has 32 heavy (non-hydrogen) atoms. The Bertz CT molecular complexity index is 1270. The molecule has 6 nitrogen and oxygen atoms in total. The molecule has 0 spiro atoms. The maximum absolute atomic E-state index is 13.0. The van der Waals surface area contributed by atoms with Crippen molar-refractivity contribution in [2.75, 3.05) is 0 Å². The lowest BCUT2D eigenvalue weighted by Gasteiger charge is -2.28. The minimum absolute atomic E-state index is 0.0637. The van der Waals surface area contributed by atoms with E-state index in [0.29, 0.717) is 27.9 Å². The zero-order valence-electron chi connectivity index (χ0n) is 18.3. The maximum Gasteiger partial charge on any atom is 0.220 e. The zero-order chi connectivity index (χ0) is 22.5. The van der Waals surface area contributed by atoms with Crippen LogP contribution in [0.5, 0.6) is 0 Å². The van der Waals surface area contributed by atoms with Crippen LogP contribution in [0, 0.1) is 10.6 Å². The lowest BCUT2D eigenvalue weighted by molar-refractivity contribution is -0.749. The van der Waals surface area contributed by atoms with Gasteiger partial charge in [-0.05, 0) is 47.8 Å². The van der Waals surface area contributed by atoms with Gasteiger partial charge in [-0.2, -0.15) is 0 Å². The van der Waals surface area contributed by atoms with Gasteiger partial charge in [0.05, 0.1) is 6.54 Å². The number of carbonyl (C=O) groups excluding carboxylic acids is 2. The highest BCUT2D eigenvalue weighted by Gasteiger charge is 2.39. The average molecular weight is 428 g/mol. The summed E-state index contributed by atoms with van der Waals surface area (Å²) in [5.74, 6) is -0.716. The average Bonchev–Trinajstić information content (AvgIpc) is 3.13. The van der Waals surface area contributed by atoms with Crippen LogP contribution in [-0.2, 0) is 13.0 Å². The zero-order valence-corrected chi connectivity index (χ0v) is 18.3. The van der Waals surface area contributed by atoms with Crippen molar-refractivity contribution in [3.05, 3.63) is 93.5 Å². The van der Waals surface area contributed by atoms with Crippen LogP contribution < -0.4 is 4.96 Å². The molecule has 5 rings (SSSR count). The van der Waals surface area contributed by atoms with Crippen LogP contribution in [0.4, 0.5) is 0 Å². The second kappa shape index (κ2) is 7.55. The van der Waals surface area contributed by atoms with Crippen LogP contribution in [0.3, 0.4) is 0 Å². The topological polar surface area (TPSA) is 78.9 Å². The monoisotopic (exact) mass is 427 g/mol. The van der Waals surface area contributed by atoms with Crippen LogP contribution in [0.2, 0.25) is 0 Å². The van der Waals surface area contributed by atoms with Crippen molar-refractivity contribution in [2.45, 2.75) is 46.1 Å². The molecule has 0 saturated heterocycles. The summed E-state index contributed by atoms with van der Waals surface area (Å²) in [6.45, 7) is 4.87. The third-order valence-electron chi connectivity index (χ3n) is 6.63. The minimum atomic E-state index is -0.383. The first kappa shape index (κ1) is 20.4. The highest BCUT2D eigenvalue weighted by atomic mass is 16.5. The number of hydrogen-bond acceptors (Lipinski definition) is 4. The Kier molecular flexibility index (Phi) is 4.81. The molecule has 0 N–H and O–H groups in total. The van der Waals surface area contributed by atoms with Crippen molar-refractivity contribution >= 4 is 17.1 Å². The quantitative estimate of drug-likeness (QED) is 0.362. The molecular weight excluding hydrogens is 402 g/mol. The lowest BCUT2D eigenvalue weighted by Crippen LogP contribution is -2.41. The maximum atomic E-state index is 13.0. The molecule has 1 heterocycles. The molecule has 3 aromatic rings. The van der Waals surface area contributed by atoms with Crippen molar-refractivity contribution in [2.24, 2.45) is 5.41 Å². The van der Waals surface area contributed by atoms with Crippen LogP contribution in [0.1, 0.15) is 76.3 Å². The van der Waals surface area contributed by atoms with Gasteiger partial charge in [-0.15, -0.1) is 4.68 Å². The predicted molar refractivity (Wildman–Crippen MR) is 120 cm³/mol. The van der Waals surface area contributed by atoms with Gasteiger partial charge in [0.15, 0.2) is 5.69 Å². The van der Waals surface area contributed by atoms with Crippen LogP contribution in [0.15, 0.2) is 54.6 Å². The van der Waals surface area contributed by atoms with Gasteiger partial charge in [-0.3, -0.25) is 9.59 Å². The largest absolute Gasteiger partial charge is 0.571 e. The molecule has 2 aliphatic rings. The molecule has 1 aromatic heterocycles. The summed E-state index contributed by atoms with van der Waals surface area (Å²) in [4.78, 5) is 26.1. The van der Waals surface area contributed by atoms with E-state index in [9.17, 15) is 14.8 Å². The van der Waals surface area contributed by atoms with Gasteiger partial charge in [0, 0.05) is 21.2 Å². The number of rotatable bonds is 4. The molecule has 2 aliphatic carbocycles. The number of carbonyl (C=O) groups is 2. The molecule has 0 saturated carbocycles. The number of nitrogens with zero attached hydrogens (tertiary/aromatic N) is 3. The van der Waals surface area contributed by atoms with Crippen molar-refractivity contribution in [3.8, 4) is 0 Å². The number of aromatic nitrogens is 3. The highest BCUT2D eigenvalue weighted by molar-refractivity contribution is 6.26. The van der Waals surface area contributed by atoms with Gasteiger partial charge in [0.2, 0.25) is 17.3 Å². The Hall–Kier alpha value is -3.54. The highest BCUT2D eigenvalue weighted by Crippen LogP contribution is 2.37. The lowest BCUT2D eigenvalue weighted by atomic mass is 9.77. The molecule has 0 radical (unpaired) electrons. The fraction of sp³-hybridized carbons (Fsp3) is 0.308. The van der Waals surface area contributed by atoms with E-state index in [1.165, 1.54) is 22.2 Å². The molecule has 0 aliphatic heterocycles. The number of fused-ring (bicyclic) bond motifs is 2. The SMILES string of the molecule is CC1(C)CC=C(c2ccc(CCn3c4c(n[n+]3[O-])C(=O)c3ccccc3C4=O)cc2)CC1. The first-order chi connectivity index (χ1) is 15.3. The van der Waals surface area contributed by atoms with E-state index in [-0.39, 0.29) is 29.5 Å². The van der Waals surface area contributed by atoms with Gasteiger partial charge in [0.25, 0.3) is 0 Å². The number of benzene rings is 2. The van der Waals surface area contributed by atoms with E-state index < -0.39 is 0 Å². The summed E-state index contributed by atoms with van der Waals surface area (Å²) in [5, 5.41) is 16.3. The molecule has 0 atom stereocenters. The van der Waals surface area contributed by atoms with Crippen molar-refractivity contribution in [1.82, 2.24) is 9.78 Å². The smallest absolute Gasteiger partial charge is 0.220 e.